The van der Waals surface area contributed by atoms with Crippen molar-refractivity contribution in [2.24, 2.45) is 11.7 Å². The highest BCUT2D eigenvalue weighted by molar-refractivity contribution is 5.93. The molecule has 26 heavy (non-hydrogen) atoms. The Hall–Kier alpha value is -2.42. The van der Waals surface area contributed by atoms with Crippen LogP contribution in [-0.2, 0) is 6.18 Å². The molecule has 0 aliphatic carbocycles. The summed E-state index contributed by atoms with van der Waals surface area (Å²) in [5, 5.41) is 3.21. The minimum absolute atomic E-state index is 0.210. The molecule has 0 atom stereocenters. The fourth-order valence-electron chi connectivity index (χ4n) is 1.76. The predicted molar refractivity (Wildman–Crippen MR) is 91.3 cm³/mol. The number of alkyl halides is 3. The Labute approximate surface area is 150 Å². The molecule has 0 saturated heterocycles. The highest BCUT2D eigenvalue weighted by Gasteiger charge is 2.38. The van der Waals surface area contributed by atoms with E-state index < -0.39 is 18.0 Å². The normalized spacial score (nSPS) is 11.4. The van der Waals surface area contributed by atoms with Crippen molar-refractivity contribution in [1.82, 2.24) is 15.0 Å². The third kappa shape index (κ3) is 7.22. The molecule has 0 aliphatic rings. The van der Waals surface area contributed by atoms with E-state index in [0.717, 1.165) is 5.92 Å². The van der Waals surface area contributed by atoms with Gasteiger partial charge in [-0.1, -0.05) is 31.1 Å². The molecule has 6 nitrogen and oxygen atoms in total. The van der Waals surface area contributed by atoms with E-state index in [4.69, 9.17) is 5.73 Å². The quantitative estimate of drug-likeness (QED) is 0.869. The average Bonchev–Trinajstić information content (AvgIpc) is 3.04. The van der Waals surface area contributed by atoms with Crippen molar-refractivity contribution in [3.05, 3.63) is 35.7 Å². The summed E-state index contributed by atoms with van der Waals surface area (Å²) in [6.45, 7) is 5.73. The van der Waals surface area contributed by atoms with Gasteiger partial charge in [0.1, 0.15) is 0 Å². The monoisotopic (exact) mass is 372 g/mol. The second kappa shape index (κ2) is 9.33. The molecule has 0 spiro atoms. The molecule has 1 heterocycles. The molecule has 2 N–H and O–H groups in total. The molecule has 0 unspecified atom stereocenters. The first-order valence-corrected chi connectivity index (χ1v) is 7.96. The van der Waals surface area contributed by atoms with E-state index >= 15 is 0 Å². The van der Waals surface area contributed by atoms with Gasteiger partial charge < -0.3 is 15.2 Å². The molecule has 9 heteroatoms. The van der Waals surface area contributed by atoms with Gasteiger partial charge in [0.15, 0.2) is 0 Å². The number of carbonyl (C=O) groups is 1. The molecular weight excluding hydrogens is 349 g/mol. The third-order valence-electron chi connectivity index (χ3n) is 3.25. The van der Waals surface area contributed by atoms with E-state index in [1.807, 2.05) is 0 Å². The highest BCUT2D eigenvalue weighted by atomic mass is 19.4. The maximum Gasteiger partial charge on any atom is 0.471 e. The second-order valence-electron chi connectivity index (χ2n) is 6.35. The minimum atomic E-state index is -4.68. The number of benzene rings is 1. The summed E-state index contributed by atoms with van der Waals surface area (Å²) in [5.74, 6) is -1.42. The lowest BCUT2D eigenvalue weighted by atomic mass is 10.1. The standard InChI is InChI=1S/C10H6F3N3O2.C7H17N/c11-10(12,13)9-15-8(16-18-9)6-3-1-5(2-4-6)7(14)17;1-7(2)5-6-8(3)4/h1-4H,(H2,14,17);7H,5-6H2,1-4H3. The van der Waals surface area contributed by atoms with Crippen molar-refractivity contribution in [2.75, 3.05) is 20.6 Å². The Balaban J connectivity index is 0.000000359. The molecule has 1 aromatic carbocycles. The van der Waals surface area contributed by atoms with Crippen LogP contribution in [0.3, 0.4) is 0 Å². The summed E-state index contributed by atoms with van der Waals surface area (Å²) in [6, 6.07) is 5.48. The Morgan fingerprint density at radius 2 is 1.81 bits per heavy atom. The van der Waals surface area contributed by atoms with E-state index in [1.54, 1.807) is 0 Å². The number of nitrogens with zero attached hydrogens (tertiary/aromatic N) is 3. The van der Waals surface area contributed by atoms with Crippen molar-refractivity contribution < 1.29 is 22.5 Å². The SMILES string of the molecule is CC(C)CCN(C)C.NC(=O)c1ccc(-c2noc(C(F)(F)F)n2)cc1. The number of nitrogens with two attached hydrogens (primary N) is 1. The number of amides is 1. The fraction of sp³-hybridized carbons (Fsp3) is 0.471. The Kier molecular flexibility index (Phi) is 7.76. The van der Waals surface area contributed by atoms with E-state index in [2.05, 4.69) is 47.5 Å². The van der Waals surface area contributed by atoms with Gasteiger partial charge in [-0.05, 0) is 45.1 Å². The number of hydrogen-bond donors (Lipinski definition) is 1. The zero-order valence-electron chi connectivity index (χ0n) is 15.2. The largest absolute Gasteiger partial charge is 0.471 e. The Morgan fingerprint density at radius 1 is 1.23 bits per heavy atom. The highest BCUT2D eigenvalue weighted by Crippen LogP contribution is 2.29. The second-order valence-corrected chi connectivity index (χ2v) is 6.35. The number of carbonyl (C=O) groups excluding carboxylic acids is 1. The van der Waals surface area contributed by atoms with Crippen LogP contribution in [0, 0.1) is 5.92 Å². The number of hydrogen-bond acceptors (Lipinski definition) is 5. The van der Waals surface area contributed by atoms with Gasteiger partial charge in [-0.25, -0.2) is 0 Å². The first kappa shape index (κ1) is 21.6. The van der Waals surface area contributed by atoms with E-state index in [1.165, 1.54) is 37.2 Å². The van der Waals surface area contributed by atoms with Gasteiger partial charge in [0.25, 0.3) is 0 Å². The summed E-state index contributed by atoms with van der Waals surface area (Å²) in [7, 11) is 4.23. The van der Waals surface area contributed by atoms with Crippen molar-refractivity contribution in [3.8, 4) is 11.4 Å². The first-order valence-electron chi connectivity index (χ1n) is 7.96. The van der Waals surface area contributed by atoms with Crippen molar-refractivity contribution >= 4 is 5.91 Å². The zero-order chi connectivity index (χ0) is 19.9. The van der Waals surface area contributed by atoms with E-state index in [9.17, 15) is 18.0 Å². The zero-order valence-corrected chi connectivity index (χ0v) is 15.2. The number of rotatable bonds is 5. The molecule has 0 radical (unpaired) electrons. The summed E-state index contributed by atoms with van der Waals surface area (Å²) in [6.07, 6.45) is -3.37. The van der Waals surface area contributed by atoms with Gasteiger partial charge in [-0.2, -0.15) is 18.2 Å². The van der Waals surface area contributed by atoms with Gasteiger partial charge in [0, 0.05) is 11.1 Å². The lowest BCUT2D eigenvalue weighted by molar-refractivity contribution is -0.159. The number of aromatic nitrogens is 2. The van der Waals surface area contributed by atoms with Gasteiger partial charge in [-0.3, -0.25) is 4.79 Å². The molecule has 144 valence electrons. The van der Waals surface area contributed by atoms with E-state index in [-0.39, 0.29) is 11.4 Å². The molecular formula is C17H23F3N4O2. The number of halogens is 3. The molecule has 2 rings (SSSR count). The van der Waals surface area contributed by atoms with Crippen LogP contribution in [-0.4, -0.2) is 41.6 Å². The van der Waals surface area contributed by atoms with Gasteiger partial charge >= 0.3 is 12.1 Å². The smallest absolute Gasteiger partial charge is 0.366 e. The molecule has 0 fully saturated rings. The Bertz CT molecular complexity index is 687. The lowest BCUT2D eigenvalue weighted by Gasteiger charge is -2.10. The topological polar surface area (TPSA) is 85.2 Å². The number of primary amides is 1. The molecule has 0 bridgehead atoms. The van der Waals surface area contributed by atoms with Crippen LogP contribution in [0.4, 0.5) is 13.2 Å². The van der Waals surface area contributed by atoms with Gasteiger partial charge in [0.05, 0.1) is 0 Å². The molecule has 0 aliphatic heterocycles. The maximum absolute atomic E-state index is 12.2. The molecule has 1 aromatic heterocycles. The molecule has 1 amide bonds. The van der Waals surface area contributed by atoms with Crippen molar-refractivity contribution in [1.29, 1.82) is 0 Å². The van der Waals surface area contributed by atoms with Crippen LogP contribution in [0.1, 0.15) is 36.5 Å². The third-order valence-corrected chi connectivity index (χ3v) is 3.25. The van der Waals surface area contributed by atoms with Crippen LogP contribution < -0.4 is 5.73 Å². The van der Waals surface area contributed by atoms with Gasteiger partial charge in [0.2, 0.25) is 11.7 Å². The van der Waals surface area contributed by atoms with Crippen LogP contribution in [0.15, 0.2) is 28.8 Å². The van der Waals surface area contributed by atoms with Gasteiger partial charge in [-0.15, -0.1) is 0 Å². The van der Waals surface area contributed by atoms with Crippen molar-refractivity contribution in [2.45, 2.75) is 26.4 Å². The van der Waals surface area contributed by atoms with Crippen molar-refractivity contribution in [3.63, 3.8) is 0 Å². The summed E-state index contributed by atoms with van der Waals surface area (Å²) in [4.78, 5) is 16.2. The van der Waals surface area contributed by atoms with Crippen LogP contribution in [0.25, 0.3) is 11.4 Å². The lowest BCUT2D eigenvalue weighted by Crippen LogP contribution is -2.14. The summed E-state index contributed by atoms with van der Waals surface area (Å²) < 4.78 is 40.8. The van der Waals surface area contributed by atoms with E-state index in [0.29, 0.717) is 5.56 Å². The summed E-state index contributed by atoms with van der Waals surface area (Å²) in [5.41, 5.74) is 5.55. The first-order chi connectivity index (χ1) is 12.0. The molecule has 0 saturated carbocycles. The van der Waals surface area contributed by atoms with Crippen LogP contribution in [0.5, 0.6) is 0 Å². The van der Waals surface area contributed by atoms with Crippen LogP contribution in [0.2, 0.25) is 0 Å². The predicted octanol–water partition coefficient (Wildman–Crippen LogP) is 3.45. The Morgan fingerprint density at radius 3 is 2.15 bits per heavy atom. The maximum atomic E-state index is 12.2. The minimum Gasteiger partial charge on any atom is -0.366 e. The average molecular weight is 372 g/mol. The molecule has 2 aromatic rings. The fourth-order valence-corrected chi connectivity index (χ4v) is 1.76. The van der Waals surface area contributed by atoms with Crippen LogP contribution >= 0.6 is 0 Å². The summed E-state index contributed by atoms with van der Waals surface area (Å²) >= 11 is 0.